The quantitative estimate of drug-likeness (QED) is 0.682. The Hall–Kier alpha value is -3.15. The third kappa shape index (κ3) is 3.30. The number of Topliss-reactive ketones (excluding diaryl/α,β-unsaturated/α-hetero) is 1. The maximum absolute atomic E-state index is 12.6. The number of ether oxygens (including phenoxy) is 1. The van der Waals surface area contributed by atoms with Gasteiger partial charge in [-0.05, 0) is 31.9 Å². The van der Waals surface area contributed by atoms with Crippen LogP contribution < -0.4 is 10.1 Å². The highest BCUT2D eigenvalue weighted by molar-refractivity contribution is 6.10. The van der Waals surface area contributed by atoms with Crippen LogP contribution in [-0.2, 0) is 6.42 Å². The molecular weight excluding hydrogens is 342 g/mol. The number of aromatic nitrogens is 2. The van der Waals surface area contributed by atoms with Gasteiger partial charge >= 0.3 is 0 Å². The summed E-state index contributed by atoms with van der Waals surface area (Å²) in [4.78, 5) is 32.4. The van der Waals surface area contributed by atoms with Crippen molar-refractivity contribution < 1.29 is 14.3 Å². The number of para-hydroxylation sites is 1. The van der Waals surface area contributed by atoms with E-state index in [4.69, 9.17) is 4.74 Å². The molecular formula is C21H21N3O3. The average Bonchev–Trinajstić information content (AvgIpc) is 3.02. The van der Waals surface area contributed by atoms with Crippen molar-refractivity contribution in [1.29, 1.82) is 0 Å². The smallest absolute Gasteiger partial charge is 0.253 e. The Bertz CT molecular complexity index is 1020. The number of rotatable bonds is 5. The van der Waals surface area contributed by atoms with Gasteiger partial charge in [-0.3, -0.25) is 14.6 Å². The molecule has 0 saturated heterocycles. The molecule has 2 N–H and O–H groups in total. The molecule has 0 atom stereocenters. The Labute approximate surface area is 156 Å². The number of H-pyrrole nitrogens is 1. The van der Waals surface area contributed by atoms with Gasteiger partial charge in [0, 0.05) is 29.4 Å². The SMILES string of the molecule is Cc1[nH]c2c(c1C(=O)NCCOc1cccc3cccnc13)C(=O)CCC2. The van der Waals surface area contributed by atoms with Crippen molar-refractivity contribution in [2.24, 2.45) is 0 Å². The lowest BCUT2D eigenvalue weighted by Gasteiger charge is -2.12. The van der Waals surface area contributed by atoms with E-state index in [9.17, 15) is 9.59 Å². The fourth-order valence-corrected chi connectivity index (χ4v) is 3.63. The normalized spacial score (nSPS) is 13.4. The van der Waals surface area contributed by atoms with Gasteiger partial charge in [0.25, 0.3) is 5.91 Å². The van der Waals surface area contributed by atoms with Crippen molar-refractivity contribution in [3.05, 3.63) is 59.0 Å². The van der Waals surface area contributed by atoms with Crippen LogP contribution in [0.5, 0.6) is 5.75 Å². The van der Waals surface area contributed by atoms with E-state index < -0.39 is 0 Å². The van der Waals surface area contributed by atoms with E-state index in [1.807, 2.05) is 37.3 Å². The van der Waals surface area contributed by atoms with Crippen LogP contribution in [0.4, 0.5) is 0 Å². The molecule has 2 aromatic heterocycles. The van der Waals surface area contributed by atoms with E-state index in [0.717, 1.165) is 35.1 Å². The molecule has 0 fully saturated rings. The molecule has 1 aliphatic rings. The Morgan fingerprint density at radius 1 is 1.26 bits per heavy atom. The van der Waals surface area contributed by atoms with E-state index >= 15 is 0 Å². The van der Waals surface area contributed by atoms with Gasteiger partial charge in [0.2, 0.25) is 0 Å². The van der Waals surface area contributed by atoms with E-state index in [-0.39, 0.29) is 11.7 Å². The number of nitrogens with one attached hydrogen (secondary N) is 2. The van der Waals surface area contributed by atoms with Gasteiger partial charge in [-0.1, -0.05) is 18.2 Å². The number of carbonyl (C=O) groups excluding carboxylic acids is 2. The second-order valence-electron chi connectivity index (χ2n) is 6.69. The highest BCUT2D eigenvalue weighted by atomic mass is 16.5. The van der Waals surface area contributed by atoms with E-state index in [0.29, 0.717) is 36.4 Å². The molecule has 0 saturated carbocycles. The van der Waals surface area contributed by atoms with Crippen LogP contribution >= 0.6 is 0 Å². The first-order valence-corrected chi connectivity index (χ1v) is 9.14. The summed E-state index contributed by atoms with van der Waals surface area (Å²) in [6, 6.07) is 9.62. The molecule has 0 bridgehead atoms. The number of nitrogens with zero attached hydrogens (tertiary/aromatic N) is 1. The summed E-state index contributed by atoms with van der Waals surface area (Å²) in [6.07, 6.45) is 3.87. The molecule has 2 heterocycles. The molecule has 0 radical (unpaired) electrons. The Balaban J connectivity index is 1.41. The fraction of sp³-hybridized carbons (Fsp3) is 0.286. The number of ketones is 1. The maximum Gasteiger partial charge on any atom is 0.253 e. The minimum Gasteiger partial charge on any atom is -0.489 e. The number of carbonyl (C=O) groups is 2. The number of fused-ring (bicyclic) bond motifs is 2. The highest BCUT2D eigenvalue weighted by Crippen LogP contribution is 2.27. The van der Waals surface area contributed by atoms with Crippen molar-refractivity contribution in [2.45, 2.75) is 26.2 Å². The standard InChI is InChI=1S/C21H21N3O3/c1-13-18(19-15(24-13)7-3-8-16(19)25)21(26)23-11-12-27-17-9-2-5-14-6-4-10-22-20(14)17/h2,4-6,9-10,24H,3,7-8,11-12H2,1H3,(H,23,26). The van der Waals surface area contributed by atoms with Crippen molar-refractivity contribution >= 4 is 22.6 Å². The number of hydrogen-bond acceptors (Lipinski definition) is 4. The zero-order chi connectivity index (χ0) is 18.8. The van der Waals surface area contributed by atoms with Crippen molar-refractivity contribution in [2.75, 3.05) is 13.2 Å². The minimum absolute atomic E-state index is 0.0452. The van der Waals surface area contributed by atoms with E-state index in [2.05, 4.69) is 15.3 Å². The highest BCUT2D eigenvalue weighted by Gasteiger charge is 2.28. The minimum atomic E-state index is -0.236. The van der Waals surface area contributed by atoms with Gasteiger partial charge < -0.3 is 15.0 Å². The Morgan fingerprint density at radius 3 is 3.00 bits per heavy atom. The van der Waals surface area contributed by atoms with Gasteiger partial charge in [0.15, 0.2) is 5.78 Å². The first kappa shape index (κ1) is 17.3. The molecule has 6 nitrogen and oxygen atoms in total. The topological polar surface area (TPSA) is 84.1 Å². The fourth-order valence-electron chi connectivity index (χ4n) is 3.63. The number of amides is 1. The number of benzene rings is 1. The lowest BCUT2D eigenvalue weighted by atomic mass is 9.93. The summed E-state index contributed by atoms with van der Waals surface area (Å²) in [5.41, 5.74) is 3.46. The lowest BCUT2D eigenvalue weighted by molar-refractivity contribution is 0.0923. The predicted molar refractivity (Wildman–Crippen MR) is 102 cm³/mol. The first-order valence-electron chi connectivity index (χ1n) is 9.14. The number of aryl methyl sites for hydroxylation is 2. The Kier molecular flexibility index (Phi) is 4.62. The number of hydrogen-bond donors (Lipinski definition) is 2. The van der Waals surface area contributed by atoms with Crippen LogP contribution in [-0.4, -0.2) is 34.8 Å². The van der Waals surface area contributed by atoms with Crippen LogP contribution in [0.2, 0.25) is 0 Å². The summed E-state index contributed by atoms with van der Waals surface area (Å²) in [6.45, 7) is 2.50. The molecule has 6 heteroatoms. The van der Waals surface area contributed by atoms with Gasteiger partial charge in [-0.2, -0.15) is 0 Å². The number of pyridine rings is 1. The zero-order valence-electron chi connectivity index (χ0n) is 15.2. The monoisotopic (exact) mass is 363 g/mol. The van der Waals surface area contributed by atoms with Gasteiger partial charge in [0.1, 0.15) is 17.9 Å². The zero-order valence-corrected chi connectivity index (χ0v) is 15.2. The predicted octanol–water partition coefficient (Wildman–Crippen LogP) is 3.20. The molecule has 1 amide bonds. The molecule has 3 aromatic rings. The van der Waals surface area contributed by atoms with E-state index in [1.54, 1.807) is 6.20 Å². The molecule has 1 aliphatic carbocycles. The third-order valence-corrected chi connectivity index (χ3v) is 4.84. The second-order valence-corrected chi connectivity index (χ2v) is 6.69. The maximum atomic E-state index is 12.6. The van der Waals surface area contributed by atoms with Crippen LogP contribution in [0.1, 0.15) is 44.9 Å². The molecule has 138 valence electrons. The lowest BCUT2D eigenvalue weighted by Crippen LogP contribution is -2.30. The van der Waals surface area contributed by atoms with Gasteiger partial charge in [-0.25, -0.2) is 0 Å². The molecule has 27 heavy (non-hydrogen) atoms. The third-order valence-electron chi connectivity index (χ3n) is 4.84. The molecule has 0 spiro atoms. The van der Waals surface area contributed by atoms with E-state index in [1.165, 1.54) is 0 Å². The molecule has 1 aromatic carbocycles. The Morgan fingerprint density at radius 2 is 2.11 bits per heavy atom. The van der Waals surface area contributed by atoms with Gasteiger partial charge in [-0.15, -0.1) is 0 Å². The number of aromatic amines is 1. The van der Waals surface area contributed by atoms with Gasteiger partial charge in [0.05, 0.1) is 17.7 Å². The summed E-state index contributed by atoms with van der Waals surface area (Å²) < 4.78 is 5.80. The summed E-state index contributed by atoms with van der Waals surface area (Å²) in [7, 11) is 0. The van der Waals surface area contributed by atoms with Crippen LogP contribution in [0.3, 0.4) is 0 Å². The van der Waals surface area contributed by atoms with Crippen LogP contribution in [0, 0.1) is 6.92 Å². The van der Waals surface area contributed by atoms with Crippen molar-refractivity contribution in [3.63, 3.8) is 0 Å². The largest absolute Gasteiger partial charge is 0.489 e. The second kappa shape index (κ2) is 7.23. The van der Waals surface area contributed by atoms with Crippen LogP contribution in [0.25, 0.3) is 10.9 Å². The van der Waals surface area contributed by atoms with Crippen molar-refractivity contribution in [1.82, 2.24) is 15.3 Å². The van der Waals surface area contributed by atoms with Crippen LogP contribution in [0.15, 0.2) is 36.5 Å². The summed E-state index contributed by atoms with van der Waals surface area (Å²) >= 11 is 0. The summed E-state index contributed by atoms with van der Waals surface area (Å²) in [5.74, 6) is 0.497. The molecule has 0 unspecified atom stereocenters. The van der Waals surface area contributed by atoms with Crippen molar-refractivity contribution in [3.8, 4) is 5.75 Å². The summed E-state index contributed by atoms with van der Waals surface area (Å²) in [5, 5.41) is 3.86. The first-order chi connectivity index (χ1) is 13.1. The molecule has 4 rings (SSSR count). The molecule has 0 aliphatic heterocycles. The average molecular weight is 363 g/mol.